The molecule has 0 spiro atoms. The number of likely N-dealkylation sites (tertiary alicyclic amines) is 2. The van der Waals surface area contributed by atoms with E-state index in [9.17, 15) is 9.59 Å². The van der Waals surface area contributed by atoms with E-state index in [2.05, 4.69) is 0 Å². The number of hydrogen-bond acceptors (Lipinski definition) is 4. The summed E-state index contributed by atoms with van der Waals surface area (Å²) in [6, 6.07) is 0.0923. The number of nitrogens with two attached hydrogens (primary N) is 1. The summed E-state index contributed by atoms with van der Waals surface area (Å²) in [4.78, 5) is 30.1. The molecular formula is C14H26N4O2. The number of piperidine rings is 1. The number of amides is 2. The first-order valence-electron chi connectivity index (χ1n) is 7.44. The predicted molar refractivity (Wildman–Crippen MR) is 77.0 cm³/mol. The molecule has 2 atom stereocenters. The molecule has 0 aromatic carbocycles. The molecule has 0 saturated carbocycles. The minimum absolute atomic E-state index is 0.0923. The molecule has 20 heavy (non-hydrogen) atoms. The number of carbonyl (C=O) groups is 2. The summed E-state index contributed by atoms with van der Waals surface area (Å²) in [5, 5.41) is 0. The predicted octanol–water partition coefficient (Wildman–Crippen LogP) is -0.654. The molecule has 2 aliphatic heterocycles. The maximum atomic E-state index is 12.5. The number of rotatable bonds is 4. The Morgan fingerprint density at radius 1 is 1.40 bits per heavy atom. The van der Waals surface area contributed by atoms with Crippen LogP contribution >= 0.6 is 0 Å². The average Bonchev–Trinajstić information content (AvgIpc) is 2.77. The fraction of sp³-hybridized carbons (Fsp3) is 0.857. The molecule has 6 nitrogen and oxygen atoms in total. The average molecular weight is 282 g/mol. The molecule has 0 radical (unpaired) electrons. The lowest BCUT2D eigenvalue weighted by molar-refractivity contribution is -0.137. The fourth-order valence-electron chi connectivity index (χ4n) is 2.94. The third-order valence-corrected chi connectivity index (χ3v) is 4.15. The molecule has 2 saturated heterocycles. The Kier molecular flexibility index (Phi) is 4.99. The summed E-state index contributed by atoms with van der Waals surface area (Å²) in [6.07, 6.45) is 2.32. The fourth-order valence-corrected chi connectivity index (χ4v) is 2.94. The van der Waals surface area contributed by atoms with Gasteiger partial charge in [0.25, 0.3) is 0 Å². The van der Waals surface area contributed by atoms with Crippen molar-refractivity contribution in [2.75, 3.05) is 46.8 Å². The normalized spacial score (nSPS) is 27.5. The van der Waals surface area contributed by atoms with Gasteiger partial charge in [-0.3, -0.25) is 9.59 Å². The van der Waals surface area contributed by atoms with Crippen molar-refractivity contribution >= 4 is 11.8 Å². The maximum absolute atomic E-state index is 12.5. The zero-order valence-corrected chi connectivity index (χ0v) is 12.5. The summed E-state index contributed by atoms with van der Waals surface area (Å²) in [6.45, 7) is 3.53. The summed E-state index contributed by atoms with van der Waals surface area (Å²) in [7, 11) is 3.97. The van der Waals surface area contributed by atoms with Crippen molar-refractivity contribution in [2.24, 2.45) is 11.7 Å². The van der Waals surface area contributed by atoms with Crippen LogP contribution in [0.5, 0.6) is 0 Å². The molecule has 0 aromatic heterocycles. The van der Waals surface area contributed by atoms with E-state index < -0.39 is 0 Å². The summed E-state index contributed by atoms with van der Waals surface area (Å²) in [5.41, 5.74) is 5.92. The molecule has 6 heteroatoms. The second-order valence-electron chi connectivity index (χ2n) is 6.23. The van der Waals surface area contributed by atoms with Crippen LogP contribution in [0.1, 0.15) is 19.3 Å². The first-order valence-corrected chi connectivity index (χ1v) is 7.44. The lowest BCUT2D eigenvalue weighted by Crippen LogP contribution is -2.48. The smallest absolute Gasteiger partial charge is 0.228 e. The Balaban J connectivity index is 1.87. The number of hydrogen-bond donors (Lipinski definition) is 1. The zero-order valence-electron chi connectivity index (χ0n) is 12.5. The van der Waals surface area contributed by atoms with Crippen molar-refractivity contribution in [2.45, 2.75) is 25.3 Å². The summed E-state index contributed by atoms with van der Waals surface area (Å²) < 4.78 is 0. The highest BCUT2D eigenvalue weighted by molar-refractivity contribution is 5.89. The van der Waals surface area contributed by atoms with Gasteiger partial charge < -0.3 is 20.4 Å². The summed E-state index contributed by atoms with van der Waals surface area (Å²) in [5.74, 6) is 0.0438. The first-order chi connectivity index (χ1) is 9.47. The van der Waals surface area contributed by atoms with Crippen LogP contribution in [0.15, 0.2) is 0 Å². The molecule has 2 aliphatic rings. The minimum atomic E-state index is -0.171. The van der Waals surface area contributed by atoms with Crippen molar-refractivity contribution in [3.8, 4) is 0 Å². The van der Waals surface area contributed by atoms with Gasteiger partial charge in [0, 0.05) is 45.2 Å². The Labute approximate surface area is 120 Å². The SMILES string of the molecule is CN(C)CCN1CC(C(=O)N2CCCC(N)C2)CC1=O. The van der Waals surface area contributed by atoms with Gasteiger partial charge in [0.2, 0.25) is 11.8 Å². The van der Waals surface area contributed by atoms with E-state index in [1.54, 1.807) is 0 Å². The molecule has 114 valence electrons. The van der Waals surface area contributed by atoms with Crippen LogP contribution in [0.2, 0.25) is 0 Å². The number of carbonyl (C=O) groups excluding carboxylic acids is 2. The van der Waals surface area contributed by atoms with Crippen molar-refractivity contribution in [3.63, 3.8) is 0 Å². The second-order valence-corrected chi connectivity index (χ2v) is 6.23. The Hall–Kier alpha value is -1.14. The lowest BCUT2D eigenvalue weighted by atomic mass is 10.0. The molecule has 2 heterocycles. The number of nitrogens with zero attached hydrogens (tertiary/aromatic N) is 3. The van der Waals surface area contributed by atoms with Crippen molar-refractivity contribution in [3.05, 3.63) is 0 Å². The monoisotopic (exact) mass is 282 g/mol. The van der Waals surface area contributed by atoms with Gasteiger partial charge in [0.15, 0.2) is 0 Å². The van der Waals surface area contributed by atoms with Gasteiger partial charge in [-0.05, 0) is 26.9 Å². The lowest BCUT2D eigenvalue weighted by Gasteiger charge is -2.32. The van der Waals surface area contributed by atoms with Crippen molar-refractivity contribution < 1.29 is 9.59 Å². The van der Waals surface area contributed by atoms with Crippen LogP contribution in [0.3, 0.4) is 0 Å². The third kappa shape index (κ3) is 3.70. The molecule has 2 fully saturated rings. The van der Waals surface area contributed by atoms with E-state index in [0.717, 1.165) is 25.9 Å². The van der Waals surface area contributed by atoms with E-state index >= 15 is 0 Å². The summed E-state index contributed by atoms with van der Waals surface area (Å²) >= 11 is 0. The van der Waals surface area contributed by atoms with Crippen LogP contribution in [-0.4, -0.2) is 79.4 Å². The van der Waals surface area contributed by atoms with Gasteiger partial charge in [-0.15, -0.1) is 0 Å². The second kappa shape index (κ2) is 6.54. The zero-order chi connectivity index (χ0) is 14.7. The minimum Gasteiger partial charge on any atom is -0.341 e. The van der Waals surface area contributed by atoms with E-state index in [1.165, 1.54) is 0 Å². The molecule has 0 bridgehead atoms. The van der Waals surface area contributed by atoms with Crippen LogP contribution < -0.4 is 5.73 Å². The maximum Gasteiger partial charge on any atom is 0.228 e. The Morgan fingerprint density at radius 2 is 2.15 bits per heavy atom. The Morgan fingerprint density at radius 3 is 2.80 bits per heavy atom. The third-order valence-electron chi connectivity index (χ3n) is 4.15. The topological polar surface area (TPSA) is 69.9 Å². The van der Waals surface area contributed by atoms with E-state index in [-0.39, 0.29) is 23.8 Å². The highest BCUT2D eigenvalue weighted by Gasteiger charge is 2.37. The van der Waals surface area contributed by atoms with Crippen molar-refractivity contribution in [1.82, 2.24) is 14.7 Å². The highest BCUT2D eigenvalue weighted by atomic mass is 16.2. The first kappa shape index (κ1) is 15.3. The number of likely N-dealkylation sites (N-methyl/N-ethyl adjacent to an activating group) is 1. The van der Waals surface area contributed by atoms with Gasteiger partial charge in [-0.25, -0.2) is 0 Å². The largest absolute Gasteiger partial charge is 0.341 e. The Bertz CT molecular complexity index is 372. The van der Waals surface area contributed by atoms with Crippen LogP contribution in [-0.2, 0) is 9.59 Å². The van der Waals surface area contributed by atoms with Crippen molar-refractivity contribution in [1.29, 1.82) is 0 Å². The van der Waals surface area contributed by atoms with Gasteiger partial charge in [0.05, 0.1) is 5.92 Å². The highest BCUT2D eigenvalue weighted by Crippen LogP contribution is 2.21. The van der Waals surface area contributed by atoms with Gasteiger partial charge in [0.1, 0.15) is 0 Å². The van der Waals surface area contributed by atoms with Gasteiger partial charge >= 0.3 is 0 Å². The van der Waals surface area contributed by atoms with E-state index in [0.29, 0.717) is 26.1 Å². The molecule has 2 unspecified atom stereocenters. The van der Waals surface area contributed by atoms with E-state index in [4.69, 9.17) is 5.73 Å². The van der Waals surface area contributed by atoms with Crippen LogP contribution in [0.25, 0.3) is 0 Å². The quantitative estimate of drug-likeness (QED) is 0.743. The van der Waals surface area contributed by atoms with Gasteiger partial charge in [-0.2, -0.15) is 0 Å². The molecular weight excluding hydrogens is 256 g/mol. The van der Waals surface area contributed by atoms with Crippen LogP contribution in [0.4, 0.5) is 0 Å². The van der Waals surface area contributed by atoms with Gasteiger partial charge in [-0.1, -0.05) is 0 Å². The molecule has 2 rings (SSSR count). The molecule has 2 N–H and O–H groups in total. The van der Waals surface area contributed by atoms with Crippen LogP contribution in [0, 0.1) is 5.92 Å². The standard InChI is InChI=1S/C14H26N4O2/c1-16(2)6-7-17-9-11(8-13(17)19)14(20)18-5-3-4-12(15)10-18/h11-12H,3-10,15H2,1-2H3. The van der Waals surface area contributed by atoms with E-state index in [1.807, 2.05) is 28.8 Å². The molecule has 0 aliphatic carbocycles. The molecule has 0 aromatic rings. The molecule has 2 amide bonds.